The number of ether oxygens (including phenoxy) is 1. The molecule has 0 heterocycles. The van der Waals surface area contributed by atoms with E-state index in [0.717, 1.165) is 6.42 Å². The van der Waals surface area contributed by atoms with Crippen LogP contribution >= 0.6 is 11.6 Å². The molecule has 0 fully saturated rings. The number of nitrogens with one attached hydrogen (secondary N) is 2. The van der Waals surface area contributed by atoms with Crippen molar-refractivity contribution in [2.24, 2.45) is 5.92 Å². The van der Waals surface area contributed by atoms with E-state index < -0.39 is 11.8 Å². The van der Waals surface area contributed by atoms with Gasteiger partial charge < -0.3 is 4.74 Å². The average Bonchev–Trinajstić information content (AvgIpc) is 2.60. The Morgan fingerprint density at radius 2 is 1.64 bits per heavy atom. The third-order valence-electron chi connectivity index (χ3n) is 3.49. The van der Waals surface area contributed by atoms with Crippen LogP contribution in [0.3, 0.4) is 0 Å². The smallest absolute Gasteiger partial charge is 0.271 e. The van der Waals surface area contributed by atoms with Gasteiger partial charge in [0, 0.05) is 5.56 Å². The topological polar surface area (TPSA) is 67.4 Å². The minimum Gasteiger partial charge on any atom is -0.494 e. The van der Waals surface area contributed by atoms with Crippen molar-refractivity contribution in [3.63, 3.8) is 0 Å². The van der Waals surface area contributed by atoms with Crippen LogP contribution in [-0.2, 0) is 0 Å². The van der Waals surface area contributed by atoms with Crippen molar-refractivity contribution in [2.45, 2.75) is 20.3 Å². The van der Waals surface area contributed by atoms with Crippen LogP contribution in [0.1, 0.15) is 41.0 Å². The molecule has 0 atom stereocenters. The molecular formula is C19H21ClN2O3. The second-order valence-electron chi connectivity index (χ2n) is 5.94. The van der Waals surface area contributed by atoms with E-state index in [-0.39, 0.29) is 0 Å². The van der Waals surface area contributed by atoms with Gasteiger partial charge in [0.05, 0.1) is 17.2 Å². The third-order valence-corrected chi connectivity index (χ3v) is 3.82. The molecule has 25 heavy (non-hydrogen) atoms. The summed E-state index contributed by atoms with van der Waals surface area (Å²) < 4.78 is 5.60. The molecule has 0 aliphatic heterocycles. The maximum atomic E-state index is 12.1. The summed E-state index contributed by atoms with van der Waals surface area (Å²) in [5, 5.41) is 0.317. The zero-order valence-corrected chi connectivity index (χ0v) is 15.0. The molecule has 0 saturated carbocycles. The van der Waals surface area contributed by atoms with E-state index in [1.54, 1.807) is 48.5 Å². The molecule has 132 valence electrons. The number of halogens is 1. The number of carbonyl (C=O) groups excluding carboxylic acids is 2. The van der Waals surface area contributed by atoms with Gasteiger partial charge in [-0.1, -0.05) is 37.6 Å². The van der Waals surface area contributed by atoms with Gasteiger partial charge in [-0.3, -0.25) is 20.4 Å². The molecule has 2 rings (SSSR count). The normalized spacial score (nSPS) is 10.4. The molecule has 2 amide bonds. The van der Waals surface area contributed by atoms with Crippen LogP contribution in [-0.4, -0.2) is 18.4 Å². The largest absolute Gasteiger partial charge is 0.494 e. The third kappa shape index (κ3) is 5.80. The Labute approximate surface area is 152 Å². The molecule has 2 N–H and O–H groups in total. The SMILES string of the molecule is CC(C)CCOc1ccc(C(=O)NNC(=O)c2ccccc2Cl)cc1. The summed E-state index contributed by atoms with van der Waals surface area (Å²) in [6.07, 6.45) is 0.969. The summed E-state index contributed by atoms with van der Waals surface area (Å²) in [4.78, 5) is 24.1. The monoisotopic (exact) mass is 360 g/mol. The molecule has 2 aromatic carbocycles. The number of hydrazine groups is 1. The van der Waals surface area contributed by atoms with Crippen molar-refractivity contribution in [3.05, 3.63) is 64.7 Å². The average molecular weight is 361 g/mol. The van der Waals surface area contributed by atoms with Crippen LogP contribution in [0.2, 0.25) is 5.02 Å². The van der Waals surface area contributed by atoms with Gasteiger partial charge in [-0.05, 0) is 48.7 Å². The van der Waals surface area contributed by atoms with Crippen LogP contribution in [0.15, 0.2) is 48.5 Å². The van der Waals surface area contributed by atoms with Crippen LogP contribution in [0.5, 0.6) is 5.75 Å². The fourth-order valence-corrected chi connectivity index (χ4v) is 2.23. The summed E-state index contributed by atoms with van der Waals surface area (Å²) in [5.74, 6) is 0.380. The number of hydrogen-bond donors (Lipinski definition) is 2. The quantitative estimate of drug-likeness (QED) is 0.769. The van der Waals surface area contributed by atoms with Crippen LogP contribution < -0.4 is 15.6 Å². The highest BCUT2D eigenvalue weighted by atomic mass is 35.5. The lowest BCUT2D eigenvalue weighted by molar-refractivity contribution is 0.0846. The highest BCUT2D eigenvalue weighted by molar-refractivity contribution is 6.33. The van der Waals surface area contributed by atoms with E-state index in [0.29, 0.717) is 34.4 Å². The molecule has 0 aromatic heterocycles. The Balaban J connectivity index is 1.86. The van der Waals surface area contributed by atoms with Crippen molar-refractivity contribution in [1.29, 1.82) is 0 Å². The van der Waals surface area contributed by atoms with E-state index in [1.165, 1.54) is 0 Å². The molecule has 0 spiro atoms. The van der Waals surface area contributed by atoms with Gasteiger partial charge in [-0.2, -0.15) is 0 Å². The van der Waals surface area contributed by atoms with Crippen LogP contribution in [0, 0.1) is 5.92 Å². The second kappa shape index (κ2) is 9.08. The maximum Gasteiger partial charge on any atom is 0.271 e. The van der Waals surface area contributed by atoms with Gasteiger partial charge in [0.25, 0.3) is 11.8 Å². The Morgan fingerprint density at radius 3 is 2.28 bits per heavy atom. The van der Waals surface area contributed by atoms with Gasteiger partial charge in [0.15, 0.2) is 0 Å². The van der Waals surface area contributed by atoms with Crippen molar-refractivity contribution >= 4 is 23.4 Å². The van der Waals surface area contributed by atoms with E-state index in [1.807, 2.05) is 0 Å². The first-order chi connectivity index (χ1) is 12.0. The Kier molecular flexibility index (Phi) is 6.83. The lowest BCUT2D eigenvalue weighted by Crippen LogP contribution is -2.41. The molecule has 0 aliphatic carbocycles. The van der Waals surface area contributed by atoms with E-state index >= 15 is 0 Å². The van der Waals surface area contributed by atoms with Gasteiger partial charge in [0.2, 0.25) is 0 Å². The number of carbonyl (C=O) groups is 2. The van der Waals surface area contributed by atoms with E-state index in [9.17, 15) is 9.59 Å². The number of rotatable bonds is 6. The second-order valence-corrected chi connectivity index (χ2v) is 6.35. The summed E-state index contributed by atoms with van der Waals surface area (Å²) in [5.41, 5.74) is 5.41. The first-order valence-electron chi connectivity index (χ1n) is 8.05. The van der Waals surface area contributed by atoms with Crippen molar-refractivity contribution < 1.29 is 14.3 Å². The minimum absolute atomic E-state index is 0.290. The first-order valence-corrected chi connectivity index (χ1v) is 8.43. The first kappa shape index (κ1) is 18.8. The van der Waals surface area contributed by atoms with Gasteiger partial charge in [0.1, 0.15) is 5.75 Å². The summed E-state index contributed by atoms with van der Waals surface area (Å²) in [6.45, 7) is 4.90. The van der Waals surface area contributed by atoms with Crippen LogP contribution in [0.4, 0.5) is 0 Å². The van der Waals surface area contributed by atoms with Crippen molar-refractivity contribution in [2.75, 3.05) is 6.61 Å². The Bertz CT molecular complexity index is 730. The lowest BCUT2D eigenvalue weighted by atomic mass is 10.1. The van der Waals surface area contributed by atoms with Crippen molar-refractivity contribution in [1.82, 2.24) is 10.9 Å². The fourth-order valence-electron chi connectivity index (χ4n) is 2.01. The zero-order chi connectivity index (χ0) is 18.2. The minimum atomic E-state index is -0.479. The van der Waals surface area contributed by atoms with Gasteiger partial charge >= 0.3 is 0 Å². The van der Waals surface area contributed by atoms with Gasteiger partial charge in [-0.25, -0.2) is 0 Å². The molecule has 6 heteroatoms. The Morgan fingerprint density at radius 1 is 1.00 bits per heavy atom. The molecule has 0 unspecified atom stereocenters. The van der Waals surface area contributed by atoms with Crippen molar-refractivity contribution in [3.8, 4) is 5.75 Å². The molecular weight excluding hydrogens is 340 g/mol. The zero-order valence-electron chi connectivity index (χ0n) is 14.2. The lowest BCUT2D eigenvalue weighted by Gasteiger charge is -2.10. The number of hydrogen-bond acceptors (Lipinski definition) is 3. The number of amides is 2. The highest BCUT2D eigenvalue weighted by Crippen LogP contribution is 2.15. The fraction of sp³-hybridized carbons (Fsp3) is 0.263. The van der Waals surface area contributed by atoms with Crippen LogP contribution in [0.25, 0.3) is 0 Å². The highest BCUT2D eigenvalue weighted by Gasteiger charge is 2.11. The molecule has 0 aliphatic rings. The summed E-state index contributed by atoms with van der Waals surface area (Å²) in [7, 11) is 0. The standard InChI is InChI=1S/C19H21ClN2O3/c1-13(2)11-12-25-15-9-7-14(8-10-15)18(23)21-22-19(24)16-5-3-4-6-17(16)20/h3-10,13H,11-12H2,1-2H3,(H,21,23)(H,22,24). The molecule has 2 aromatic rings. The molecule has 0 radical (unpaired) electrons. The number of benzene rings is 2. The summed E-state index contributed by atoms with van der Waals surface area (Å²) in [6, 6.07) is 13.3. The molecule has 5 nitrogen and oxygen atoms in total. The molecule has 0 bridgehead atoms. The van der Waals surface area contributed by atoms with Gasteiger partial charge in [-0.15, -0.1) is 0 Å². The molecule has 0 saturated heterocycles. The Hall–Kier alpha value is -2.53. The summed E-state index contributed by atoms with van der Waals surface area (Å²) >= 11 is 5.94. The predicted molar refractivity (Wildman–Crippen MR) is 97.8 cm³/mol. The van der Waals surface area contributed by atoms with E-state index in [4.69, 9.17) is 16.3 Å². The predicted octanol–water partition coefficient (Wildman–Crippen LogP) is 3.84. The van der Waals surface area contributed by atoms with E-state index in [2.05, 4.69) is 24.7 Å². The maximum absolute atomic E-state index is 12.1.